The monoisotopic (exact) mass is 393 g/mol. The summed E-state index contributed by atoms with van der Waals surface area (Å²) >= 11 is 1.83. The number of rotatable bonds is 5. The van der Waals surface area contributed by atoms with Crippen molar-refractivity contribution in [2.45, 2.75) is 58.8 Å². The average Bonchev–Trinajstić information content (AvgIpc) is 3.26. The molecule has 4 rings (SSSR count). The summed E-state index contributed by atoms with van der Waals surface area (Å²) in [4.78, 5) is 20.3. The first-order valence-corrected chi connectivity index (χ1v) is 11.0. The quantitative estimate of drug-likeness (QED) is 0.490. The van der Waals surface area contributed by atoms with Crippen molar-refractivity contribution in [1.82, 2.24) is 4.98 Å². The molecule has 0 saturated carbocycles. The fourth-order valence-corrected chi connectivity index (χ4v) is 5.83. The molecule has 28 heavy (non-hydrogen) atoms. The normalized spacial score (nSPS) is 14.3. The minimum Gasteiger partial charge on any atom is -0.469 e. The highest BCUT2D eigenvalue weighted by atomic mass is 32.1. The van der Waals surface area contributed by atoms with E-state index in [1.165, 1.54) is 46.0 Å². The molecular formula is C24H27NO2S. The predicted molar refractivity (Wildman–Crippen MR) is 116 cm³/mol. The molecule has 3 nitrogen and oxygen atoms in total. The summed E-state index contributed by atoms with van der Waals surface area (Å²) in [5.41, 5.74) is 7.06. The summed E-state index contributed by atoms with van der Waals surface area (Å²) < 4.78 is 5.21. The van der Waals surface area contributed by atoms with Gasteiger partial charge in [0.1, 0.15) is 4.83 Å². The Balaban J connectivity index is 2.08. The maximum absolute atomic E-state index is 12.8. The van der Waals surface area contributed by atoms with Crippen molar-refractivity contribution < 1.29 is 9.53 Å². The molecule has 3 aromatic rings. The van der Waals surface area contributed by atoms with Crippen molar-refractivity contribution >= 4 is 27.5 Å². The first-order valence-electron chi connectivity index (χ1n) is 10.1. The van der Waals surface area contributed by atoms with E-state index in [0.717, 1.165) is 41.8 Å². The molecule has 2 heterocycles. The van der Waals surface area contributed by atoms with E-state index in [9.17, 15) is 4.79 Å². The van der Waals surface area contributed by atoms with E-state index >= 15 is 0 Å². The largest absolute Gasteiger partial charge is 0.469 e. The van der Waals surface area contributed by atoms with Gasteiger partial charge >= 0.3 is 5.97 Å². The first-order chi connectivity index (χ1) is 13.5. The second kappa shape index (κ2) is 7.67. The van der Waals surface area contributed by atoms with Crippen molar-refractivity contribution in [1.29, 1.82) is 0 Å². The molecule has 1 aliphatic carbocycles. The summed E-state index contributed by atoms with van der Waals surface area (Å²) in [7, 11) is 1.49. The third-order valence-corrected chi connectivity index (χ3v) is 7.02. The van der Waals surface area contributed by atoms with Crippen LogP contribution in [0, 0.1) is 13.8 Å². The number of hydrogen-bond acceptors (Lipinski definition) is 4. The lowest BCUT2D eigenvalue weighted by Gasteiger charge is -2.22. The number of benzene rings is 1. The molecule has 1 aromatic carbocycles. The van der Waals surface area contributed by atoms with Crippen LogP contribution in [0.15, 0.2) is 24.3 Å². The van der Waals surface area contributed by atoms with E-state index in [2.05, 4.69) is 38.1 Å². The fourth-order valence-electron chi connectivity index (χ4n) is 4.51. The number of ether oxygens (including phenoxy) is 1. The molecular weight excluding hydrogens is 366 g/mol. The molecule has 1 unspecified atom stereocenters. The van der Waals surface area contributed by atoms with Gasteiger partial charge in [-0.25, -0.2) is 4.98 Å². The lowest BCUT2D eigenvalue weighted by atomic mass is 9.84. The number of nitrogens with zero attached hydrogens (tertiary/aromatic N) is 1. The van der Waals surface area contributed by atoms with Gasteiger partial charge in [-0.1, -0.05) is 43.2 Å². The Morgan fingerprint density at radius 3 is 2.64 bits per heavy atom. The summed E-state index contributed by atoms with van der Waals surface area (Å²) in [6.07, 6.45) is 5.16. The van der Waals surface area contributed by atoms with Crippen LogP contribution in [0.25, 0.3) is 21.3 Å². The summed E-state index contributed by atoms with van der Waals surface area (Å²) in [5, 5.41) is 1.27. The highest BCUT2D eigenvalue weighted by Crippen LogP contribution is 2.46. The van der Waals surface area contributed by atoms with Crippen LogP contribution < -0.4 is 0 Å². The van der Waals surface area contributed by atoms with Crippen LogP contribution in [0.3, 0.4) is 0 Å². The smallest absolute Gasteiger partial charge is 0.313 e. The van der Waals surface area contributed by atoms with E-state index in [1.54, 1.807) is 0 Å². The molecule has 1 atom stereocenters. The van der Waals surface area contributed by atoms with Gasteiger partial charge in [0.15, 0.2) is 0 Å². The van der Waals surface area contributed by atoms with Crippen LogP contribution in [0.2, 0.25) is 0 Å². The predicted octanol–water partition coefficient (Wildman–Crippen LogP) is 6.13. The highest BCUT2D eigenvalue weighted by Gasteiger charge is 2.31. The highest BCUT2D eigenvalue weighted by molar-refractivity contribution is 7.19. The third kappa shape index (κ3) is 3.14. The van der Waals surface area contributed by atoms with Crippen molar-refractivity contribution in [2.75, 3.05) is 7.11 Å². The molecule has 0 N–H and O–H groups in total. The minimum absolute atomic E-state index is 0.161. The Morgan fingerprint density at radius 2 is 1.96 bits per heavy atom. The Bertz CT molecular complexity index is 1030. The van der Waals surface area contributed by atoms with Gasteiger partial charge in [-0.05, 0) is 61.8 Å². The molecule has 0 radical (unpaired) electrons. The minimum atomic E-state index is -0.278. The maximum Gasteiger partial charge on any atom is 0.313 e. The van der Waals surface area contributed by atoms with E-state index in [4.69, 9.17) is 9.72 Å². The van der Waals surface area contributed by atoms with Crippen molar-refractivity contribution in [2.24, 2.45) is 0 Å². The zero-order chi connectivity index (χ0) is 19.8. The summed E-state index contributed by atoms with van der Waals surface area (Å²) in [6, 6.07) is 8.68. The van der Waals surface area contributed by atoms with Crippen molar-refractivity contribution in [3.8, 4) is 11.1 Å². The number of aromatic nitrogens is 1. The Morgan fingerprint density at radius 1 is 1.21 bits per heavy atom. The molecule has 0 aliphatic heterocycles. The maximum atomic E-state index is 12.8. The van der Waals surface area contributed by atoms with E-state index < -0.39 is 0 Å². The molecule has 0 amide bonds. The molecule has 0 spiro atoms. The second-order valence-corrected chi connectivity index (χ2v) is 8.84. The zero-order valence-electron chi connectivity index (χ0n) is 17.1. The number of aryl methyl sites for hydroxylation is 4. The van der Waals surface area contributed by atoms with E-state index in [0.29, 0.717) is 0 Å². The number of methoxy groups -OCH3 is 1. The number of pyridine rings is 1. The first kappa shape index (κ1) is 19.1. The van der Waals surface area contributed by atoms with Crippen molar-refractivity contribution in [3.63, 3.8) is 0 Å². The van der Waals surface area contributed by atoms with Gasteiger partial charge in [0.25, 0.3) is 0 Å². The van der Waals surface area contributed by atoms with Crippen LogP contribution in [-0.4, -0.2) is 18.1 Å². The SMILES string of the molecule is CCCC(C(=O)OC)c1c(C)nc2sc3c(c2c1-c1ccc(C)cc1)CCC3. The molecule has 0 saturated heterocycles. The van der Waals surface area contributed by atoms with Crippen LogP contribution in [-0.2, 0) is 22.4 Å². The Labute approximate surface area is 170 Å². The van der Waals surface area contributed by atoms with Gasteiger partial charge in [-0.3, -0.25) is 4.79 Å². The van der Waals surface area contributed by atoms with Crippen LogP contribution in [0.1, 0.15) is 59.4 Å². The van der Waals surface area contributed by atoms with Gasteiger partial charge in [0.05, 0.1) is 13.0 Å². The zero-order valence-corrected chi connectivity index (χ0v) is 17.9. The molecule has 0 bridgehead atoms. The molecule has 1 aliphatic rings. The summed E-state index contributed by atoms with van der Waals surface area (Å²) in [5.74, 6) is -0.438. The average molecular weight is 394 g/mol. The van der Waals surface area contributed by atoms with Gasteiger partial charge in [-0.2, -0.15) is 0 Å². The number of esters is 1. The third-order valence-electron chi connectivity index (χ3n) is 5.83. The van der Waals surface area contributed by atoms with Gasteiger partial charge in [0, 0.05) is 16.0 Å². The van der Waals surface area contributed by atoms with Crippen molar-refractivity contribution in [3.05, 3.63) is 51.5 Å². The second-order valence-electron chi connectivity index (χ2n) is 7.75. The summed E-state index contributed by atoms with van der Waals surface area (Å²) in [6.45, 7) is 6.27. The Kier molecular flexibility index (Phi) is 5.24. The molecule has 0 fully saturated rings. The lowest BCUT2D eigenvalue weighted by molar-refractivity contribution is -0.142. The number of carbonyl (C=O) groups is 1. The van der Waals surface area contributed by atoms with Gasteiger partial charge in [-0.15, -0.1) is 11.3 Å². The van der Waals surface area contributed by atoms with Gasteiger partial charge < -0.3 is 4.74 Å². The van der Waals surface area contributed by atoms with E-state index in [1.807, 2.05) is 18.3 Å². The number of thiophene rings is 1. The number of carbonyl (C=O) groups excluding carboxylic acids is 1. The standard InChI is InChI=1S/C24H27NO2S/c1-5-7-18(24(26)27-4)20-15(3)25-23-22(17-8-6-9-19(17)28-23)21(20)16-12-10-14(2)11-13-16/h10-13,18H,5-9H2,1-4H3. The molecule has 146 valence electrons. The van der Waals surface area contributed by atoms with Crippen LogP contribution in [0.4, 0.5) is 0 Å². The van der Waals surface area contributed by atoms with Crippen LogP contribution >= 0.6 is 11.3 Å². The Hall–Kier alpha value is -2.20. The lowest BCUT2D eigenvalue weighted by Crippen LogP contribution is -2.17. The molecule has 4 heteroatoms. The number of fused-ring (bicyclic) bond motifs is 3. The molecule has 2 aromatic heterocycles. The van der Waals surface area contributed by atoms with Crippen LogP contribution in [0.5, 0.6) is 0 Å². The van der Waals surface area contributed by atoms with E-state index in [-0.39, 0.29) is 11.9 Å². The number of hydrogen-bond donors (Lipinski definition) is 0. The topological polar surface area (TPSA) is 39.2 Å². The fraction of sp³-hybridized carbons (Fsp3) is 0.417. The van der Waals surface area contributed by atoms with Gasteiger partial charge in [0.2, 0.25) is 0 Å².